The molecule has 2 aromatic rings. The van der Waals surface area contributed by atoms with Gasteiger partial charge in [-0.2, -0.15) is 0 Å². The van der Waals surface area contributed by atoms with E-state index < -0.39 is 5.54 Å². The monoisotopic (exact) mass is 304 g/mol. The molecule has 1 heterocycles. The molecule has 0 atom stereocenters. The van der Waals surface area contributed by atoms with Gasteiger partial charge >= 0.3 is 0 Å². The fourth-order valence-electron chi connectivity index (χ4n) is 3.66. The fraction of sp³-hybridized carbons (Fsp3) is 0.300. The van der Waals surface area contributed by atoms with Crippen molar-refractivity contribution in [1.82, 2.24) is 4.90 Å². The summed E-state index contributed by atoms with van der Waals surface area (Å²) in [5, 5.41) is 0. The van der Waals surface area contributed by atoms with Gasteiger partial charge in [0.2, 0.25) is 0 Å². The molecule has 3 nitrogen and oxygen atoms in total. The highest BCUT2D eigenvalue weighted by molar-refractivity contribution is 6.15. The Bertz CT molecular complexity index is 731. The number of rotatable bonds is 3. The quantitative estimate of drug-likeness (QED) is 0.849. The van der Waals surface area contributed by atoms with Crippen molar-refractivity contribution in [2.45, 2.75) is 37.8 Å². The maximum atomic E-state index is 13.1. The van der Waals surface area contributed by atoms with Gasteiger partial charge in [0, 0.05) is 5.56 Å². The summed E-state index contributed by atoms with van der Waals surface area (Å²) in [5.41, 5.74) is 1.67. The zero-order valence-corrected chi connectivity index (χ0v) is 13.1. The van der Waals surface area contributed by atoms with E-state index in [2.05, 4.69) is 12.1 Å². The van der Waals surface area contributed by atoms with Crippen molar-refractivity contribution in [3.63, 3.8) is 0 Å². The summed E-state index contributed by atoms with van der Waals surface area (Å²) in [6.07, 6.45) is 3.95. The lowest BCUT2D eigenvalue weighted by atomic mass is 9.98. The Balaban J connectivity index is 1.73. The lowest BCUT2D eigenvalue weighted by molar-refractivity contribution is -0.131. The third-order valence-corrected chi connectivity index (χ3v) is 4.87. The average molecular weight is 304 g/mol. The van der Waals surface area contributed by atoms with Gasteiger partial charge in [-0.3, -0.25) is 14.7 Å². The zero-order valence-electron chi connectivity index (χ0n) is 13.1. The first-order valence-electron chi connectivity index (χ1n) is 8.30. The molecule has 1 aliphatic carbocycles. The second kappa shape index (κ2) is 5.65. The molecule has 23 heavy (non-hydrogen) atoms. The molecule has 4 rings (SSSR count). The van der Waals surface area contributed by atoms with Crippen LogP contribution in [0.3, 0.4) is 0 Å². The van der Waals surface area contributed by atoms with Gasteiger partial charge in [-0.05, 0) is 18.4 Å². The number of hydrogen-bond donors (Lipinski definition) is 0. The first-order valence-corrected chi connectivity index (χ1v) is 8.30. The number of amidine groups is 1. The van der Waals surface area contributed by atoms with Gasteiger partial charge in [0.15, 0.2) is 0 Å². The summed E-state index contributed by atoms with van der Waals surface area (Å²) in [6.45, 7) is 0.592. The zero-order chi connectivity index (χ0) is 15.7. The molecule has 0 unspecified atom stereocenters. The molecule has 1 fully saturated rings. The molecule has 3 heteroatoms. The van der Waals surface area contributed by atoms with E-state index in [1.807, 2.05) is 53.4 Å². The number of carbonyl (C=O) groups is 1. The Morgan fingerprint density at radius 1 is 0.913 bits per heavy atom. The van der Waals surface area contributed by atoms with Crippen LogP contribution in [0.15, 0.2) is 65.7 Å². The highest BCUT2D eigenvalue weighted by atomic mass is 16.2. The summed E-state index contributed by atoms with van der Waals surface area (Å²) >= 11 is 0. The van der Waals surface area contributed by atoms with Crippen molar-refractivity contribution in [2.24, 2.45) is 4.99 Å². The first kappa shape index (κ1) is 14.2. The summed E-state index contributed by atoms with van der Waals surface area (Å²) in [7, 11) is 0. The second-order valence-electron chi connectivity index (χ2n) is 6.42. The molecule has 0 N–H and O–H groups in total. The molecule has 0 bridgehead atoms. The molecule has 2 aliphatic rings. The van der Waals surface area contributed by atoms with Gasteiger partial charge in [-0.1, -0.05) is 73.5 Å². The number of hydrogen-bond acceptors (Lipinski definition) is 2. The third-order valence-electron chi connectivity index (χ3n) is 4.87. The number of benzene rings is 2. The smallest absolute Gasteiger partial charge is 0.256 e. The minimum absolute atomic E-state index is 0.178. The molecule has 116 valence electrons. The molecular formula is C20H20N2O. The molecule has 1 spiro atoms. The van der Waals surface area contributed by atoms with Crippen molar-refractivity contribution in [2.75, 3.05) is 0 Å². The lowest BCUT2D eigenvalue weighted by Crippen LogP contribution is -2.40. The largest absolute Gasteiger partial charge is 0.290 e. The predicted molar refractivity (Wildman–Crippen MR) is 91.2 cm³/mol. The number of amides is 1. The SMILES string of the molecule is O=C1N(Cc2ccccc2)C(c2ccccc2)=NC12CCCC2. The average Bonchev–Trinajstić information content (AvgIpc) is 3.18. The fourth-order valence-corrected chi connectivity index (χ4v) is 3.66. The first-order chi connectivity index (χ1) is 11.3. The topological polar surface area (TPSA) is 32.7 Å². The molecule has 2 aromatic carbocycles. The van der Waals surface area contributed by atoms with Crippen LogP contribution in [0, 0.1) is 0 Å². The van der Waals surface area contributed by atoms with Crippen molar-refractivity contribution >= 4 is 11.7 Å². The van der Waals surface area contributed by atoms with Crippen LogP contribution in [0.1, 0.15) is 36.8 Å². The third kappa shape index (κ3) is 2.46. The van der Waals surface area contributed by atoms with E-state index in [0.29, 0.717) is 6.54 Å². The Hall–Kier alpha value is -2.42. The predicted octanol–water partition coefficient (Wildman–Crippen LogP) is 3.79. The summed E-state index contributed by atoms with van der Waals surface area (Å²) in [5.74, 6) is 1.01. The van der Waals surface area contributed by atoms with Crippen LogP contribution >= 0.6 is 0 Å². The van der Waals surface area contributed by atoms with Gasteiger partial charge in [0.05, 0.1) is 6.54 Å². The Morgan fingerprint density at radius 2 is 1.52 bits per heavy atom. The van der Waals surface area contributed by atoms with Gasteiger partial charge in [-0.25, -0.2) is 0 Å². The van der Waals surface area contributed by atoms with E-state index in [0.717, 1.165) is 42.6 Å². The summed E-state index contributed by atoms with van der Waals surface area (Å²) in [6, 6.07) is 20.2. The van der Waals surface area contributed by atoms with E-state index in [9.17, 15) is 4.79 Å². The standard InChI is InChI=1S/C20H20N2O/c23-19-20(13-7-8-14-20)21-18(17-11-5-2-6-12-17)22(19)15-16-9-3-1-4-10-16/h1-6,9-12H,7-8,13-15H2. The highest BCUT2D eigenvalue weighted by Gasteiger charge is 2.49. The van der Waals surface area contributed by atoms with Gasteiger partial charge in [0.1, 0.15) is 11.4 Å². The van der Waals surface area contributed by atoms with E-state index >= 15 is 0 Å². The number of nitrogens with zero attached hydrogens (tertiary/aromatic N) is 2. The Kier molecular flexibility index (Phi) is 3.49. The molecular weight excluding hydrogens is 284 g/mol. The van der Waals surface area contributed by atoms with Gasteiger partial charge in [-0.15, -0.1) is 0 Å². The van der Waals surface area contributed by atoms with Gasteiger partial charge < -0.3 is 0 Å². The van der Waals surface area contributed by atoms with Crippen molar-refractivity contribution in [3.05, 3.63) is 71.8 Å². The molecule has 1 saturated carbocycles. The van der Waals surface area contributed by atoms with Crippen LogP contribution in [-0.2, 0) is 11.3 Å². The maximum Gasteiger partial charge on any atom is 0.256 e. The van der Waals surface area contributed by atoms with Crippen LogP contribution in [0.25, 0.3) is 0 Å². The number of carbonyl (C=O) groups excluding carboxylic acids is 1. The van der Waals surface area contributed by atoms with Crippen LogP contribution in [-0.4, -0.2) is 22.2 Å². The maximum absolute atomic E-state index is 13.1. The van der Waals surface area contributed by atoms with Crippen molar-refractivity contribution < 1.29 is 4.79 Å². The van der Waals surface area contributed by atoms with Crippen LogP contribution < -0.4 is 0 Å². The Labute approximate surface area is 136 Å². The van der Waals surface area contributed by atoms with Crippen LogP contribution in [0.5, 0.6) is 0 Å². The highest BCUT2D eigenvalue weighted by Crippen LogP contribution is 2.40. The van der Waals surface area contributed by atoms with Crippen LogP contribution in [0.2, 0.25) is 0 Å². The molecule has 0 saturated heterocycles. The van der Waals surface area contributed by atoms with Gasteiger partial charge in [0.25, 0.3) is 5.91 Å². The van der Waals surface area contributed by atoms with E-state index in [-0.39, 0.29) is 5.91 Å². The lowest BCUT2D eigenvalue weighted by Gasteiger charge is -2.22. The molecule has 0 aromatic heterocycles. The minimum Gasteiger partial charge on any atom is -0.290 e. The van der Waals surface area contributed by atoms with E-state index in [1.165, 1.54) is 0 Å². The normalized spacial score (nSPS) is 19.4. The molecule has 0 radical (unpaired) electrons. The van der Waals surface area contributed by atoms with Crippen LogP contribution in [0.4, 0.5) is 0 Å². The van der Waals surface area contributed by atoms with Crippen molar-refractivity contribution in [1.29, 1.82) is 0 Å². The number of aliphatic imine (C=N–C) groups is 1. The summed E-state index contributed by atoms with van der Waals surface area (Å²) in [4.78, 5) is 20.0. The molecule has 1 amide bonds. The second-order valence-corrected chi connectivity index (χ2v) is 6.42. The minimum atomic E-state index is -0.500. The van der Waals surface area contributed by atoms with E-state index in [1.54, 1.807) is 0 Å². The summed E-state index contributed by atoms with van der Waals surface area (Å²) < 4.78 is 0. The molecule has 1 aliphatic heterocycles. The van der Waals surface area contributed by atoms with Crippen molar-refractivity contribution in [3.8, 4) is 0 Å². The van der Waals surface area contributed by atoms with E-state index in [4.69, 9.17) is 4.99 Å². The Morgan fingerprint density at radius 3 is 2.17 bits per heavy atom.